The molecule has 168 valence electrons. The first kappa shape index (κ1) is 23.2. The molecule has 0 radical (unpaired) electrons. The van der Waals surface area contributed by atoms with Crippen LogP contribution in [0.5, 0.6) is 5.75 Å². The number of methoxy groups -OCH3 is 1. The maximum absolute atomic E-state index is 13.9. The van der Waals surface area contributed by atoms with Crippen molar-refractivity contribution in [3.8, 4) is 5.75 Å². The molecule has 0 bridgehead atoms. The van der Waals surface area contributed by atoms with Crippen molar-refractivity contribution >= 4 is 5.91 Å². The SMILES string of the molecule is CCC[C@@H](NC(=O)[C@H](C)N1CCN(Cc2ccc(OC)c(F)c2)CC1)c1ccccc1. The average molecular weight is 428 g/mol. The Morgan fingerprint density at radius 3 is 2.45 bits per heavy atom. The molecule has 0 unspecified atom stereocenters. The minimum atomic E-state index is -0.330. The Hall–Kier alpha value is -2.44. The molecule has 3 rings (SSSR count). The van der Waals surface area contributed by atoms with Crippen LogP contribution in [0.3, 0.4) is 0 Å². The lowest BCUT2D eigenvalue weighted by Gasteiger charge is -2.38. The molecule has 1 N–H and O–H groups in total. The Labute approximate surface area is 185 Å². The summed E-state index contributed by atoms with van der Waals surface area (Å²) in [5, 5.41) is 3.25. The Balaban J connectivity index is 1.51. The lowest BCUT2D eigenvalue weighted by atomic mass is 10.0. The summed E-state index contributed by atoms with van der Waals surface area (Å²) in [7, 11) is 1.47. The maximum Gasteiger partial charge on any atom is 0.237 e. The van der Waals surface area contributed by atoms with E-state index in [9.17, 15) is 9.18 Å². The van der Waals surface area contributed by atoms with E-state index in [2.05, 4.69) is 34.2 Å². The molecule has 0 aliphatic carbocycles. The molecule has 1 aliphatic rings. The molecule has 2 aromatic carbocycles. The van der Waals surface area contributed by atoms with Crippen LogP contribution < -0.4 is 10.1 Å². The largest absolute Gasteiger partial charge is 0.494 e. The van der Waals surface area contributed by atoms with E-state index < -0.39 is 0 Å². The Bertz CT molecular complexity index is 838. The van der Waals surface area contributed by atoms with Crippen LogP contribution in [-0.4, -0.2) is 55.0 Å². The van der Waals surface area contributed by atoms with Crippen LogP contribution in [0.25, 0.3) is 0 Å². The number of amides is 1. The molecule has 2 aromatic rings. The summed E-state index contributed by atoms with van der Waals surface area (Å²) < 4.78 is 18.9. The number of nitrogens with one attached hydrogen (secondary N) is 1. The number of halogens is 1. The van der Waals surface area contributed by atoms with Gasteiger partial charge in [0.1, 0.15) is 0 Å². The highest BCUT2D eigenvalue weighted by molar-refractivity contribution is 5.81. The number of nitrogens with zero attached hydrogens (tertiary/aromatic N) is 2. The van der Waals surface area contributed by atoms with E-state index in [1.807, 2.05) is 31.2 Å². The minimum absolute atomic E-state index is 0.0485. The number of piperazine rings is 1. The normalized spacial score (nSPS) is 17.2. The lowest BCUT2D eigenvalue weighted by molar-refractivity contribution is -0.127. The van der Waals surface area contributed by atoms with Crippen LogP contribution in [0.4, 0.5) is 4.39 Å². The fourth-order valence-electron chi connectivity index (χ4n) is 4.13. The number of hydrogen-bond acceptors (Lipinski definition) is 4. The summed E-state index contributed by atoms with van der Waals surface area (Å²) in [6.07, 6.45) is 1.94. The van der Waals surface area contributed by atoms with E-state index in [0.29, 0.717) is 6.54 Å². The van der Waals surface area contributed by atoms with Crippen molar-refractivity contribution in [2.45, 2.75) is 45.3 Å². The second-order valence-electron chi connectivity index (χ2n) is 8.22. The van der Waals surface area contributed by atoms with Gasteiger partial charge in [-0.25, -0.2) is 4.39 Å². The van der Waals surface area contributed by atoms with E-state index in [-0.39, 0.29) is 29.6 Å². The van der Waals surface area contributed by atoms with Gasteiger partial charge in [-0.1, -0.05) is 49.7 Å². The number of ether oxygens (including phenoxy) is 1. The predicted molar refractivity (Wildman–Crippen MR) is 121 cm³/mol. The zero-order valence-electron chi connectivity index (χ0n) is 18.8. The molecule has 1 aliphatic heterocycles. The van der Waals surface area contributed by atoms with Crippen LogP contribution in [-0.2, 0) is 11.3 Å². The third kappa shape index (κ3) is 6.28. The van der Waals surface area contributed by atoms with Crippen molar-refractivity contribution in [1.82, 2.24) is 15.1 Å². The molecular formula is C25H34FN3O2. The third-order valence-corrected chi connectivity index (χ3v) is 6.05. The lowest BCUT2D eigenvalue weighted by Crippen LogP contribution is -2.53. The monoisotopic (exact) mass is 427 g/mol. The first-order valence-corrected chi connectivity index (χ1v) is 11.2. The fraction of sp³-hybridized carbons (Fsp3) is 0.480. The molecule has 0 aromatic heterocycles. The van der Waals surface area contributed by atoms with Crippen LogP contribution in [0, 0.1) is 5.82 Å². The number of carbonyl (C=O) groups is 1. The Morgan fingerprint density at radius 1 is 1.13 bits per heavy atom. The zero-order chi connectivity index (χ0) is 22.2. The molecule has 6 heteroatoms. The summed E-state index contributed by atoms with van der Waals surface area (Å²) in [6.45, 7) is 8.15. The Kier molecular flexibility index (Phi) is 8.43. The van der Waals surface area contributed by atoms with Gasteiger partial charge in [0, 0.05) is 32.7 Å². The molecule has 1 saturated heterocycles. The number of benzene rings is 2. The van der Waals surface area contributed by atoms with Gasteiger partial charge >= 0.3 is 0 Å². The van der Waals surface area contributed by atoms with Crippen molar-refractivity contribution in [3.63, 3.8) is 0 Å². The Morgan fingerprint density at radius 2 is 1.84 bits per heavy atom. The maximum atomic E-state index is 13.9. The molecule has 1 amide bonds. The number of hydrogen-bond donors (Lipinski definition) is 1. The van der Waals surface area contributed by atoms with Gasteiger partial charge in [0.15, 0.2) is 11.6 Å². The molecule has 0 saturated carbocycles. The fourth-order valence-corrected chi connectivity index (χ4v) is 4.13. The molecule has 0 spiro atoms. The molecular weight excluding hydrogens is 393 g/mol. The summed E-state index contributed by atoms with van der Waals surface area (Å²) in [4.78, 5) is 17.5. The smallest absolute Gasteiger partial charge is 0.237 e. The van der Waals surface area contributed by atoms with Gasteiger partial charge in [0.05, 0.1) is 19.2 Å². The highest BCUT2D eigenvalue weighted by Gasteiger charge is 2.27. The molecule has 31 heavy (non-hydrogen) atoms. The summed E-state index contributed by atoms with van der Waals surface area (Å²) >= 11 is 0. The van der Waals surface area contributed by atoms with E-state index in [1.54, 1.807) is 12.1 Å². The molecule has 5 nitrogen and oxygen atoms in total. The van der Waals surface area contributed by atoms with Gasteiger partial charge in [0.25, 0.3) is 0 Å². The van der Waals surface area contributed by atoms with Gasteiger partial charge in [-0.15, -0.1) is 0 Å². The van der Waals surface area contributed by atoms with Crippen molar-refractivity contribution < 1.29 is 13.9 Å². The standard InChI is InChI=1S/C25H34FN3O2/c1-4-8-23(21-9-6-5-7-10-21)27-25(30)19(2)29-15-13-28(14-16-29)18-20-11-12-24(31-3)22(26)17-20/h5-7,9-12,17,19,23H,4,8,13-16,18H2,1-3H3,(H,27,30)/t19-,23+/m0/s1. The first-order chi connectivity index (χ1) is 15.0. The van der Waals surface area contributed by atoms with E-state index in [1.165, 1.54) is 7.11 Å². The zero-order valence-corrected chi connectivity index (χ0v) is 18.8. The van der Waals surface area contributed by atoms with Gasteiger partial charge in [-0.3, -0.25) is 14.6 Å². The predicted octanol–water partition coefficient (Wildman–Crippen LogP) is 4.00. The number of carbonyl (C=O) groups excluding carboxylic acids is 1. The molecule has 2 atom stereocenters. The molecule has 1 fully saturated rings. The van der Waals surface area contributed by atoms with Gasteiger partial charge < -0.3 is 10.1 Å². The van der Waals surface area contributed by atoms with Crippen LogP contribution in [0.15, 0.2) is 48.5 Å². The van der Waals surface area contributed by atoms with Gasteiger partial charge in [0.2, 0.25) is 5.91 Å². The van der Waals surface area contributed by atoms with Crippen molar-refractivity contribution in [3.05, 3.63) is 65.5 Å². The summed E-state index contributed by atoms with van der Waals surface area (Å²) in [6, 6.07) is 15.2. The molecule has 1 heterocycles. The van der Waals surface area contributed by atoms with E-state index >= 15 is 0 Å². The topological polar surface area (TPSA) is 44.8 Å². The second-order valence-corrected chi connectivity index (χ2v) is 8.22. The number of rotatable bonds is 9. The minimum Gasteiger partial charge on any atom is -0.494 e. The summed E-state index contributed by atoms with van der Waals surface area (Å²) in [5.74, 6) is 0.0160. The first-order valence-electron chi connectivity index (χ1n) is 11.2. The van der Waals surface area contributed by atoms with E-state index in [0.717, 1.165) is 50.1 Å². The van der Waals surface area contributed by atoms with Crippen molar-refractivity contribution in [1.29, 1.82) is 0 Å². The summed E-state index contributed by atoms with van der Waals surface area (Å²) in [5.41, 5.74) is 2.09. The average Bonchev–Trinajstić information content (AvgIpc) is 2.79. The second kappa shape index (κ2) is 11.3. The van der Waals surface area contributed by atoms with Gasteiger partial charge in [-0.05, 0) is 36.6 Å². The van der Waals surface area contributed by atoms with Crippen molar-refractivity contribution in [2.24, 2.45) is 0 Å². The van der Waals surface area contributed by atoms with Crippen LogP contribution >= 0.6 is 0 Å². The quantitative estimate of drug-likeness (QED) is 0.657. The van der Waals surface area contributed by atoms with Gasteiger partial charge in [-0.2, -0.15) is 0 Å². The highest BCUT2D eigenvalue weighted by Crippen LogP contribution is 2.21. The highest BCUT2D eigenvalue weighted by atomic mass is 19.1. The van der Waals surface area contributed by atoms with Crippen LogP contribution in [0.1, 0.15) is 43.9 Å². The van der Waals surface area contributed by atoms with Crippen molar-refractivity contribution in [2.75, 3.05) is 33.3 Å². The van der Waals surface area contributed by atoms with E-state index in [4.69, 9.17) is 4.74 Å². The van der Waals surface area contributed by atoms with Crippen LogP contribution in [0.2, 0.25) is 0 Å². The third-order valence-electron chi connectivity index (χ3n) is 6.05.